The molecule has 1 rings (SSSR count). The molecule has 0 fully saturated rings. The van der Waals surface area contributed by atoms with Crippen molar-refractivity contribution in [3.63, 3.8) is 0 Å². The van der Waals surface area contributed by atoms with Crippen LogP contribution in [0.25, 0.3) is 0 Å². The van der Waals surface area contributed by atoms with Crippen molar-refractivity contribution in [3.05, 3.63) is 29.8 Å². The van der Waals surface area contributed by atoms with Crippen molar-refractivity contribution in [2.45, 2.75) is 26.4 Å². The number of hydrogen-bond acceptors (Lipinski definition) is 2. The van der Waals surface area contributed by atoms with E-state index in [2.05, 4.69) is 4.74 Å². The van der Waals surface area contributed by atoms with Gasteiger partial charge in [-0.2, -0.15) is 8.78 Å². The second-order valence-corrected chi connectivity index (χ2v) is 3.98. The van der Waals surface area contributed by atoms with E-state index in [9.17, 15) is 13.6 Å². The topological polar surface area (TPSA) is 46.5 Å². The van der Waals surface area contributed by atoms with Gasteiger partial charge in [0.2, 0.25) is 0 Å². The number of ether oxygens (including phenoxy) is 1. The Bertz CT molecular complexity index is 391. The first-order valence-electron chi connectivity index (χ1n) is 5.20. The predicted molar refractivity (Wildman–Crippen MR) is 58.3 cm³/mol. The average molecular weight is 244 g/mol. The summed E-state index contributed by atoms with van der Waals surface area (Å²) in [7, 11) is 0. The molecule has 0 aliphatic carbocycles. The highest BCUT2D eigenvalue weighted by Gasteiger charge is 2.27. The Morgan fingerprint density at radius 3 is 2.35 bits per heavy atom. The van der Waals surface area contributed by atoms with Crippen molar-refractivity contribution in [2.75, 3.05) is 0 Å². The highest BCUT2D eigenvalue weighted by Crippen LogP contribution is 2.32. The quantitative estimate of drug-likeness (QED) is 0.865. The molecule has 0 saturated carbocycles. The minimum absolute atomic E-state index is 0.0800. The monoisotopic (exact) mass is 244 g/mol. The van der Waals surface area contributed by atoms with E-state index in [1.165, 1.54) is 18.2 Å². The third-order valence-corrected chi connectivity index (χ3v) is 2.40. The first-order chi connectivity index (χ1) is 7.93. The fourth-order valence-electron chi connectivity index (χ4n) is 1.72. The zero-order valence-corrected chi connectivity index (χ0v) is 9.56. The maximum absolute atomic E-state index is 12.2. The summed E-state index contributed by atoms with van der Waals surface area (Å²) >= 11 is 0. The molecule has 3 nitrogen and oxygen atoms in total. The number of hydrogen-bond donors (Lipinski definition) is 1. The molecule has 0 aromatic heterocycles. The van der Waals surface area contributed by atoms with Crippen molar-refractivity contribution < 1.29 is 23.4 Å². The zero-order chi connectivity index (χ0) is 13.0. The highest BCUT2D eigenvalue weighted by atomic mass is 19.3. The Balaban J connectivity index is 3.14. The van der Waals surface area contributed by atoms with Crippen LogP contribution in [0.2, 0.25) is 0 Å². The molecule has 0 amide bonds. The van der Waals surface area contributed by atoms with Crippen molar-refractivity contribution in [1.29, 1.82) is 0 Å². The van der Waals surface area contributed by atoms with Crippen molar-refractivity contribution in [3.8, 4) is 5.75 Å². The molecular formula is C12H14F2O3. The molecule has 1 aromatic rings. The minimum atomic E-state index is -2.96. The van der Waals surface area contributed by atoms with Crippen LogP contribution >= 0.6 is 0 Å². The fraction of sp³-hybridized carbons (Fsp3) is 0.417. The molecule has 0 saturated heterocycles. The van der Waals surface area contributed by atoms with Crippen LogP contribution in [-0.2, 0) is 4.79 Å². The number of carboxylic acids is 1. The molecule has 0 radical (unpaired) electrons. The van der Waals surface area contributed by atoms with E-state index < -0.39 is 18.5 Å². The number of alkyl halides is 2. The fourth-order valence-corrected chi connectivity index (χ4v) is 1.72. The summed E-state index contributed by atoms with van der Waals surface area (Å²) < 4.78 is 28.7. The molecule has 0 bridgehead atoms. The molecule has 0 heterocycles. The van der Waals surface area contributed by atoms with E-state index >= 15 is 0 Å². The zero-order valence-electron chi connectivity index (χ0n) is 9.56. The Labute approximate surface area is 98.0 Å². The molecule has 17 heavy (non-hydrogen) atoms. The Morgan fingerprint density at radius 1 is 1.29 bits per heavy atom. The van der Waals surface area contributed by atoms with Crippen LogP contribution in [0.5, 0.6) is 5.75 Å². The van der Waals surface area contributed by atoms with Crippen LogP contribution in [0.1, 0.15) is 25.3 Å². The molecule has 1 N–H and O–H groups in total. The Morgan fingerprint density at radius 2 is 1.88 bits per heavy atom. The first kappa shape index (κ1) is 13.4. The van der Waals surface area contributed by atoms with Gasteiger partial charge in [0.15, 0.2) is 0 Å². The number of para-hydroxylation sites is 1. The maximum atomic E-state index is 12.2. The van der Waals surface area contributed by atoms with Gasteiger partial charge in [-0.1, -0.05) is 32.0 Å². The number of rotatable bonds is 5. The number of benzene rings is 1. The lowest BCUT2D eigenvalue weighted by Crippen LogP contribution is -2.19. The maximum Gasteiger partial charge on any atom is 0.387 e. The van der Waals surface area contributed by atoms with Crippen LogP contribution in [0.4, 0.5) is 8.78 Å². The third-order valence-electron chi connectivity index (χ3n) is 2.40. The van der Waals surface area contributed by atoms with E-state index in [1.807, 2.05) is 0 Å². The summed E-state index contributed by atoms with van der Waals surface area (Å²) in [5.41, 5.74) is 0.273. The number of carboxylic acid groups (broad SMARTS) is 1. The molecule has 1 aromatic carbocycles. The lowest BCUT2D eigenvalue weighted by atomic mass is 9.88. The molecule has 1 atom stereocenters. The van der Waals surface area contributed by atoms with Crippen molar-refractivity contribution >= 4 is 5.97 Å². The summed E-state index contributed by atoms with van der Waals surface area (Å²) in [5, 5.41) is 9.11. The van der Waals surface area contributed by atoms with Gasteiger partial charge in [-0.3, -0.25) is 4.79 Å². The molecule has 0 aliphatic heterocycles. The van der Waals surface area contributed by atoms with Gasteiger partial charge in [-0.05, 0) is 12.0 Å². The summed E-state index contributed by atoms with van der Waals surface area (Å²) in [6, 6.07) is 5.97. The van der Waals surface area contributed by atoms with Gasteiger partial charge in [0.05, 0.1) is 5.92 Å². The van der Waals surface area contributed by atoms with E-state index in [1.54, 1.807) is 19.9 Å². The lowest BCUT2D eigenvalue weighted by Gasteiger charge is -2.19. The van der Waals surface area contributed by atoms with Crippen LogP contribution < -0.4 is 4.74 Å². The highest BCUT2D eigenvalue weighted by molar-refractivity contribution is 5.77. The van der Waals surface area contributed by atoms with E-state index in [0.717, 1.165) is 0 Å². The van der Waals surface area contributed by atoms with Crippen molar-refractivity contribution in [1.82, 2.24) is 0 Å². The third kappa shape index (κ3) is 3.41. The molecule has 0 spiro atoms. The van der Waals surface area contributed by atoms with Gasteiger partial charge in [0.1, 0.15) is 5.75 Å². The number of carbonyl (C=O) groups is 1. The smallest absolute Gasteiger partial charge is 0.387 e. The largest absolute Gasteiger partial charge is 0.481 e. The molecule has 1 unspecified atom stereocenters. The Hall–Kier alpha value is -1.65. The summed E-state index contributed by atoms with van der Waals surface area (Å²) in [6.07, 6.45) is 0. The van der Waals surface area contributed by atoms with Gasteiger partial charge in [0.25, 0.3) is 0 Å². The summed E-state index contributed by atoms with van der Waals surface area (Å²) in [5.74, 6) is -2.20. The van der Waals surface area contributed by atoms with Gasteiger partial charge in [-0.25, -0.2) is 0 Å². The second kappa shape index (κ2) is 5.61. The molecule has 94 valence electrons. The van der Waals surface area contributed by atoms with E-state index in [-0.39, 0.29) is 17.2 Å². The summed E-state index contributed by atoms with van der Waals surface area (Å²) in [6.45, 7) is 0.480. The molecule has 5 heteroatoms. The van der Waals surface area contributed by atoms with Crippen molar-refractivity contribution in [2.24, 2.45) is 5.92 Å². The second-order valence-electron chi connectivity index (χ2n) is 3.98. The standard InChI is InChI=1S/C12H14F2O3/c1-7(2)10(11(15)16)8-5-3-4-6-9(8)17-12(13)14/h3-7,10,12H,1-2H3,(H,15,16). The molecular weight excluding hydrogens is 230 g/mol. The van der Waals surface area contributed by atoms with Crippen LogP contribution in [0.3, 0.4) is 0 Å². The average Bonchev–Trinajstić information content (AvgIpc) is 2.18. The van der Waals surface area contributed by atoms with Crippen LogP contribution in [-0.4, -0.2) is 17.7 Å². The number of aliphatic carboxylic acids is 1. The SMILES string of the molecule is CC(C)C(C(=O)O)c1ccccc1OC(F)F. The normalized spacial score (nSPS) is 12.8. The van der Waals surface area contributed by atoms with Gasteiger partial charge in [0, 0.05) is 5.56 Å². The minimum Gasteiger partial charge on any atom is -0.481 e. The van der Waals surface area contributed by atoms with Crippen LogP contribution in [0, 0.1) is 5.92 Å². The molecule has 0 aliphatic rings. The van der Waals surface area contributed by atoms with Gasteiger partial charge < -0.3 is 9.84 Å². The van der Waals surface area contributed by atoms with E-state index in [4.69, 9.17) is 5.11 Å². The van der Waals surface area contributed by atoms with Gasteiger partial charge >= 0.3 is 12.6 Å². The van der Waals surface area contributed by atoms with Gasteiger partial charge in [-0.15, -0.1) is 0 Å². The Kier molecular flexibility index (Phi) is 4.43. The predicted octanol–water partition coefficient (Wildman–Crippen LogP) is 3.11. The van der Waals surface area contributed by atoms with Crippen LogP contribution in [0.15, 0.2) is 24.3 Å². The van der Waals surface area contributed by atoms with E-state index in [0.29, 0.717) is 0 Å². The number of halogens is 2. The summed E-state index contributed by atoms with van der Waals surface area (Å²) in [4.78, 5) is 11.1. The first-order valence-corrected chi connectivity index (χ1v) is 5.20. The lowest BCUT2D eigenvalue weighted by molar-refractivity contribution is -0.140.